The van der Waals surface area contributed by atoms with E-state index in [9.17, 15) is 9.90 Å². The number of hydrogen-bond acceptors (Lipinski definition) is 4. The van der Waals surface area contributed by atoms with E-state index < -0.39 is 5.60 Å². The Kier molecular flexibility index (Phi) is 4.36. The van der Waals surface area contributed by atoms with Crippen LogP contribution in [-0.2, 0) is 5.60 Å². The lowest BCUT2D eigenvalue weighted by molar-refractivity contribution is -0.0881. The molecule has 132 valence electrons. The Morgan fingerprint density at radius 1 is 1.08 bits per heavy atom. The van der Waals surface area contributed by atoms with Gasteiger partial charge in [-0.3, -0.25) is 9.69 Å². The van der Waals surface area contributed by atoms with Gasteiger partial charge in [0.1, 0.15) is 5.60 Å². The van der Waals surface area contributed by atoms with Gasteiger partial charge in [-0.2, -0.15) is 0 Å². The molecule has 0 bridgehead atoms. The lowest BCUT2D eigenvalue weighted by Gasteiger charge is -2.48. The van der Waals surface area contributed by atoms with Crippen LogP contribution in [0.1, 0.15) is 35.4 Å². The molecule has 2 aliphatic rings. The fraction of sp³-hybridized carbons (Fsp3) is 0.450. The predicted molar refractivity (Wildman–Crippen MR) is 94.2 cm³/mol. The molecule has 4 rings (SSSR count). The third-order valence-corrected chi connectivity index (χ3v) is 5.58. The molecular formula is C20H24N2O3. The number of carbonyl (C=O) groups is 1. The van der Waals surface area contributed by atoms with Crippen LogP contribution in [0.25, 0.3) is 0 Å². The van der Waals surface area contributed by atoms with Crippen LogP contribution in [0.4, 0.5) is 0 Å². The highest BCUT2D eigenvalue weighted by molar-refractivity contribution is 5.91. The summed E-state index contributed by atoms with van der Waals surface area (Å²) >= 11 is 0. The molecule has 25 heavy (non-hydrogen) atoms. The highest BCUT2D eigenvalue weighted by Crippen LogP contribution is 2.37. The van der Waals surface area contributed by atoms with Crippen molar-refractivity contribution in [1.29, 1.82) is 0 Å². The molecule has 3 heterocycles. The molecule has 2 fully saturated rings. The van der Waals surface area contributed by atoms with Gasteiger partial charge in [0.05, 0.1) is 12.3 Å². The van der Waals surface area contributed by atoms with Crippen molar-refractivity contribution in [3.05, 3.63) is 60.1 Å². The topological polar surface area (TPSA) is 56.9 Å². The zero-order valence-electron chi connectivity index (χ0n) is 14.3. The number of hydrogen-bond donors (Lipinski definition) is 1. The molecule has 2 aliphatic heterocycles. The maximum absolute atomic E-state index is 12.7. The van der Waals surface area contributed by atoms with Gasteiger partial charge in [-0.1, -0.05) is 30.3 Å². The van der Waals surface area contributed by atoms with E-state index in [4.69, 9.17) is 4.42 Å². The Labute approximate surface area is 147 Å². The van der Waals surface area contributed by atoms with E-state index in [1.54, 1.807) is 12.1 Å². The van der Waals surface area contributed by atoms with Crippen LogP contribution in [0.3, 0.4) is 0 Å². The molecule has 1 amide bonds. The van der Waals surface area contributed by atoms with Crippen LogP contribution in [0.2, 0.25) is 0 Å². The fourth-order valence-electron chi connectivity index (χ4n) is 4.20. The lowest BCUT2D eigenvalue weighted by Crippen LogP contribution is -2.61. The second-order valence-corrected chi connectivity index (χ2v) is 7.03. The van der Waals surface area contributed by atoms with E-state index in [0.717, 1.165) is 31.5 Å². The van der Waals surface area contributed by atoms with Crippen molar-refractivity contribution < 1.29 is 14.3 Å². The number of piperidine rings is 1. The van der Waals surface area contributed by atoms with Crippen molar-refractivity contribution in [2.45, 2.75) is 30.9 Å². The molecule has 1 N–H and O–H groups in total. The summed E-state index contributed by atoms with van der Waals surface area (Å²) in [5, 5.41) is 11.6. The average molecular weight is 340 g/mol. The molecule has 0 saturated carbocycles. The van der Waals surface area contributed by atoms with Crippen LogP contribution in [0.5, 0.6) is 0 Å². The van der Waals surface area contributed by atoms with Crippen molar-refractivity contribution in [3.63, 3.8) is 0 Å². The molecule has 2 aromatic rings. The number of aliphatic hydroxyl groups is 1. The van der Waals surface area contributed by atoms with E-state index in [-0.39, 0.29) is 11.9 Å². The maximum atomic E-state index is 12.7. The Bertz CT molecular complexity index is 710. The van der Waals surface area contributed by atoms with E-state index in [1.165, 1.54) is 6.26 Å². The monoisotopic (exact) mass is 340 g/mol. The van der Waals surface area contributed by atoms with Crippen LogP contribution in [0.15, 0.2) is 53.1 Å². The molecule has 5 heteroatoms. The zero-order chi connectivity index (χ0) is 17.3. The maximum Gasteiger partial charge on any atom is 0.289 e. The lowest BCUT2D eigenvalue weighted by atomic mass is 9.79. The largest absolute Gasteiger partial charge is 0.459 e. The van der Waals surface area contributed by atoms with Crippen molar-refractivity contribution in [2.24, 2.45) is 0 Å². The summed E-state index contributed by atoms with van der Waals surface area (Å²) in [6, 6.07) is 13.2. The first-order valence-corrected chi connectivity index (χ1v) is 9.03. The van der Waals surface area contributed by atoms with Crippen molar-refractivity contribution in [1.82, 2.24) is 9.80 Å². The van der Waals surface area contributed by atoms with Crippen molar-refractivity contribution >= 4 is 5.91 Å². The van der Waals surface area contributed by atoms with E-state index >= 15 is 0 Å². The first-order valence-electron chi connectivity index (χ1n) is 9.03. The zero-order valence-corrected chi connectivity index (χ0v) is 14.3. The van der Waals surface area contributed by atoms with Gasteiger partial charge in [0, 0.05) is 13.1 Å². The van der Waals surface area contributed by atoms with Gasteiger partial charge >= 0.3 is 0 Å². The second kappa shape index (κ2) is 6.65. The van der Waals surface area contributed by atoms with Crippen LogP contribution in [0, 0.1) is 0 Å². The van der Waals surface area contributed by atoms with Crippen LogP contribution >= 0.6 is 0 Å². The summed E-state index contributed by atoms with van der Waals surface area (Å²) < 4.78 is 5.28. The molecule has 0 radical (unpaired) electrons. The van der Waals surface area contributed by atoms with Crippen molar-refractivity contribution in [2.75, 3.05) is 26.2 Å². The third kappa shape index (κ3) is 2.98. The first-order chi connectivity index (χ1) is 12.2. The smallest absolute Gasteiger partial charge is 0.289 e. The molecule has 1 aromatic carbocycles. The summed E-state index contributed by atoms with van der Waals surface area (Å²) in [6.07, 6.45) is 4.35. The van der Waals surface area contributed by atoms with Gasteiger partial charge in [0.25, 0.3) is 5.91 Å². The first kappa shape index (κ1) is 16.4. The number of nitrogens with zero attached hydrogens (tertiary/aromatic N) is 2. The average Bonchev–Trinajstić information content (AvgIpc) is 3.36. The Hall–Kier alpha value is -2.11. The molecule has 5 nitrogen and oxygen atoms in total. The number of carbonyl (C=O) groups excluding carboxylic acids is 1. The summed E-state index contributed by atoms with van der Waals surface area (Å²) in [5.41, 5.74) is 0.0166. The second-order valence-electron chi connectivity index (χ2n) is 7.03. The van der Waals surface area contributed by atoms with Crippen LogP contribution in [-0.4, -0.2) is 53.0 Å². The van der Waals surface area contributed by atoms with Crippen LogP contribution < -0.4 is 0 Å². The predicted octanol–water partition coefficient (Wildman–Crippen LogP) is 2.48. The van der Waals surface area contributed by atoms with Crippen molar-refractivity contribution in [3.8, 4) is 0 Å². The van der Waals surface area contributed by atoms with Gasteiger partial charge in [0.2, 0.25) is 0 Å². The minimum atomic E-state index is -0.925. The Morgan fingerprint density at radius 2 is 1.84 bits per heavy atom. The van der Waals surface area contributed by atoms with Gasteiger partial charge in [-0.15, -0.1) is 0 Å². The quantitative estimate of drug-likeness (QED) is 0.933. The minimum absolute atomic E-state index is 0.0925. The normalized spacial score (nSPS) is 27.6. The number of likely N-dealkylation sites (tertiary alicyclic amines) is 2. The molecule has 0 aliphatic carbocycles. The summed E-state index contributed by atoms with van der Waals surface area (Å²) in [6.45, 7) is 2.99. The van der Waals surface area contributed by atoms with Gasteiger partial charge in [-0.25, -0.2) is 0 Å². The highest BCUT2D eigenvalue weighted by Gasteiger charge is 2.47. The van der Waals surface area contributed by atoms with Gasteiger partial charge < -0.3 is 14.4 Å². The van der Waals surface area contributed by atoms with Gasteiger partial charge in [0.15, 0.2) is 5.76 Å². The van der Waals surface area contributed by atoms with Gasteiger partial charge in [-0.05, 0) is 50.0 Å². The number of rotatable bonds is 3. The molecule has 0 spiro atoms. The van der Waals surface area contributed by atoms with E-state index in [2.05, 4.69) is 4.90 Å². The standard InChI is InChI=1S/C20H24N2O3/c23-19(17-9-6-14-25-17)22-13-10-20(24,16-7-2-1-3-8-16)18(15-22)21-11-4-5-12-21/h1-3,6-9,14,18,24H,4-5,10-13,15H2. The van der Waals surface area contributed by atoms with E-state index in [0.29, 0.717) is 25.3 Å². The Morgan fingerprint density at radius 3 is 2.52 bits per heavy atom. The highest BCUT2D eigenvalue weighted by atomic mass is 16.3. The summed E-state index contributed by atoms with van der Waals surface area (Å²) in [5.74, 6) is 0.273. The van der Waals surface area contributed by atoms with E-state index in [1.807, 2.05) is 35.2 Å². The Balaban J connectivity index is 1.62. The number of amides is 1. The molecular weight excluding hydrogens is 316 g/mol. The third-order valence-electron chi connectivity index (χ3n) is 5.58. The molecule has 2 saturated heterocycles. The number of benzene rings is 1. The summed E-state index contributed by atoms with van der Waals surface area (Å²) in [4.78, 5) is 16.9. The number of furan rings is 1. The minimum Gasteiger partial charge on any atom is -0.459 e. The molecule has 1 aromatic heterocycles. The molecule has 2 atom stereocenters. The summed E-state index contributed by atoms with van der Waals surface area (Å²) in [7, 11) is 0. The molecule has 2 unspecified atom stereocenters. The fourth-order valence-corrected chi connectivity index (χ4v) is 4.20. The SMILES string of the molecule is O=C(c1ccco1)N1CCC(O)(c2ccccc2)C(N2CCCC2)C1.